The summed E-state index contributed by atoms with van der Waals surface area (Å²) in [7, 11) is 0. The van der Waals surface area contributed by atoms with Crippen LogP contribution in [0.1, 0.15) is 38.2 Å². The summed E-state index contributed by atoms with van der Waals surface area (Å²) in [5, 5.41) is 4.75. The molecule has 0 bridgehead atoms. The van der Waals surface area contributed by atoms with Crippen LogP contribution in [0.2, 0.25) is 0 Å². The van der Waals surface area contributed by atoms with E-state index in [0.717, 1.165) is 48.1 Å². The number of aromatic nitrogens is 2. The lowest BCUT2D eigenvalue weighted by atomic mass is 10.00. The molecular formula is C23H26BrN3O. The number of benzene rings is 1. The molecule has 1 aromatic carbocycles. The van der Waals surface area contributed by atoms with Crippen LogP contribution in [0.5, 0.6) is 0 Å². The number of carbonyl (C=O) groups excluding carboxylic acids is 1. The molecule has 28 heavy (non-hydrogen) atoms. The standard InChI is InChI=1S/C23H25N3O.BrH/c1-2-19-12-6-8-16-25(19)22(27)15-14-20-21-13-7-9-17-26(21)24-23(20)18-10-4-3-5-11-18;/h3-5,7,9-11,13-15,17,19H,2,6,8,12,16H2,1H3;1H/t19-;/m0./s1. The Hall–Kier alpha value is -2.40. The fraction of sp³-hybridized carbons (Fsp3) is 0.304. The van der Waals surface area contributed by atoms with E-state index in [1.165, 1.54) is 6.42 Å². The van der Waals surface area contributed by atoms with Crippen LogP contribution >= 0.6 is 17.0 Å². The summed E-state index contributed by atoms with van der Waals surface area (Å²) in [5.41, 5.74) is 3.94. The number of likely N-dealkylation sites (tertiary alicyclic amines) is 1. The van der Waals surface area contributed by atoms with Gasteiger partial charge in [0.05, 0.1) is 5.52 Å². The quantitative estimate of drug-likeness (QED) is 0.511. The Labute approximate surface area is 176 Å². The number of hydrogen-bond acceptors (Lipinski definition) is 2. The molecule has 4 nitrogen and oxygen atoms in total. The molecule has 146 valence electrons. The van der Waals surface area contributed by atoms with Gasteiger partial charge in [0.2, 0.25) is 5.91 Å². The summed E-state index contributed by atoms with van der Waals surface area (Å²) < 4.78 is 1.88. The molecule has 1 amide bonds. The van der Waals surface area contributed by atoms with Crippen LogP contribution in [0.15, 0.2) is 60.8 Å². The van der Waals surface area contributed by atoms with Gasteiger partial charge < -0.3 is 4.90 Å². The SMILES string of the molecule is Br.CC[C@H]1CCCCN1C(=O)C=Cc1c(-c2ccccc2)nn2ccccc12. The van der Waals surface area contributed by atoms with Crippen LogP contribution in [-0.4, -0.2) is 33.0 Å². The van der Waals surface area contributed by atoms with E-state index >= 15 is 0 Å². The lowest BCUT2D eigenvalue weighted by molar-refractivity contribution is -0.129. The number of hydrogen-bond donors (Lipinski definition) is 0. The summed E-state index contributed by atoms with van der Waals surface area (Å²) >= 11 is 0. The fourth-order valence-corrected chi connectivity index (χ4v) is 3.96. The van der Waals surface area contributed by atoms with Gasteiger partial charge in [0.15, 0.2) is 0 Å². The third-order valence-electron chi connectivity index (χ3n) is 5.40. The van der Waals surface area contributed by atoms with Crippen molar-refractivity contribution in [2.75, 3.05) is 6.54 Å². The van der Waals surface area contributed by atoms with E-state index in [9.17, 15) is 4.79 Å². The summed E-state index contributed by atoms with van der Waals surface area (Å²) in [4.78, 5) is 14.9. The van der Waals surface area contributed by atoms with Gasteiger partial charge in [-0.05, 0) is 43.9 Å². The second-order valence-electron chi connectivity index (χ2n) is 7.08. The van der Waals surface area contributed by atoms with Crippen molar-refractivity contribution >= 4 is 34.5 Å². The first-order chi connectivity index (χ1) is 13.3. The van der Waals surface area contributed by atoms with Crippen LogP contribution in [0.3, 0.4) is 0 Å². The molecule has 2 aromatic heterocycles. The van der Waals surface area contributed by atoms with E-state index in [-0.39, 0.29) is 22.9 Å². The minimum atomic E-state index is 0. The van der Waals surface area contributed by atoms with Crippen molar-refractivity contribution in [3.63, 3.8) is 0 Å². The van der Waals surface area contributed by atoms with E-state index in [1.807, 2.05) is 58.1 Å². The normalized spacial score (nSPS) is 17.0. The molecule has 1 fully saturated rings. The molecule has 5 heteroatoms. The molecule has 0 saturated carbocycles. The minimum Gasteiger partial charge on any atom is -0.336 e. The minimum absolute atomic E-state index is 0. The topological polar surface area (TPSA) is 37.6 Å². The molecule has 0 radical (unpaired) electrons. The van der Waals surface area contributed by atoms with E-state index in [0.29, 0.717) is 6.04 Å². The molecule has 4 rings (SSSR count). The molecule has 0 N–H and O–H groups in total. The van der Waals surface area contributed by atoms with E-state index in [2.05, 4.69) is 19.1 Å². The summed E-state index contributed by atoms with van der Waals surface area (Å²) in [6.45, 7) is 3.03. The maximum atomic E-state index is 12.9. The first kappa shape index (κ1) is 20.3. The molecule has 3 heterocycles. The first-order valence-corrected chi connectivity index (χ1v) is 9.79. The zero-order valence-corrected chi connectivity index (χ0v) is 17.8. The lowest BCUT2D eigenvalue weighted by Crippen LogP contribution is -2.42. The molecule has 1 atom stereocenters. The van der Waals surface area contributed by atoms with Gasteiger partial charge in [-0.1, -0.05) is 43.3 Å². The summed E-state index contributed by atoms with van der Waals surface area (Å²) in [6, 6.07) is 16.5. The molecule has 1 saturated heterocycles. The zero-order chi connectivity index (χ0) is 18.6. The van der Waals surface area contributed by atoms with Crippen molar-refractivity contribution in [3.8, 4) is 11.3 Å². The van der Waals surface area contributed by atoms with Gasteiger partial charge in [-0.25, -0.2) is 4.52 Å². The average Bonchev–Trinajstić information content (AvgIpc) is 3.11. The highest BCUT2D eigenvalue weighted by atomic mass is 79.9. The van der Waals surface area contributed by atoms with Gasteiger partial charge in [0.1, 0.15) is 5.69 Å². The number of piperidine rings is 1. The van der Waals surface area contributed by atoms with Crippen LogP contribution < -0.4 is 0 Å². The van der Waals surface area contributed by atoms with E-state index in [4.69, 9.17) is 5.10 Å². The van der Waals surface area contributed by atoms with Gasteiger partial charge >= 0.3 is 0 Å². The van der Waals surface area contributed by atoms with Crippen molar-refractivity contribution in [2.24, 2.45) is 0 Å². The van der Waals surface area contributed by atoms with Crippen molar-refractivity contribution in [2.45, 2.75) is 38.6 Å². The molecular weight excluding hydrogens is 414 g/mol. The molecule has 1 aliphatic heterocycles. The van der Waals surface area contributed by atoms with Gasteiger partial charge in [-0.3, -0.25) is 4.79 Å². The predicted molar refractivity (Wildman–Crippen MR) is 120 cm³/mol. The smallest absolute Gasteiger partial charge is 0.246 e. The third-order valence-corrected chi connectivity index (χ3v) is 5.40. The molecule has 0 spiro atoms. The van der Waals surface area contributed by atoms with Crippen LogP contribution in [0.25, 0.3) is 22.9 Å². The number of pyridine rings is 1. The third kappa shape index (κ3) is 4.04. The van der Waals surface area contributed by atoms with Gasteiger partial charge in [0.25, 0.3) is 0 Å². The van der Waals surface area contributed by atoms with Crippen molar-refractivity contribution in [1.82, 2.24) is 14.5 Å². The number of amides is 1. The maximum Gasteiger partial charge on any atom is 0.246 e. The summed E-state index contributed by atoms with van der Waals surface area (Å²) in [5.74, 6) is 0.107. The highest BCUT2D eigenvalue weighted by Gasteiger charge is 2.23. The van der Waals surface area contributed by atoms with Crippen LogP contribution in [0.4, 0.5) is 0 Å². The second-order valence-corrected chi connectivity index (χ2v) is 7.08. The molecule has 1 aliphatic rings. The molecule has 0 aliphatic carbocycles. The largest absolute Gasteiger partial charge is 0.336 e. The monoisotopic (exact) mass is 439 g/mol. The Morgan fingerprint density at radius 2 is 1.93 bits per heavy atom. The van der Waals surface area contributed by atoms with Gasteiger partial charge in [0, 0.05) is 36.0 Å². The summed E-state index contributed by atoms with van der Waals surface area (Å²) in [6.07, 6.45) is 10.1. The Kier molecular flexibility index (Phi) is 6.68. The fourth-order valence-electron chi connectivity index (χ4n) is 3.96. The number of fused-ring (bicyclic) bond motifs is 1. The Bertz CT molecular complexity index is 964. The van der Waals surface area contributed by atoms with Crippen molar-refractivity contribution in [3.05, 3.63) is 66.4 Å². The van der Waals surface area contributed by atoms with E-state index in [1.54, 1.807) is 6.08 Å². The van der Waals surface area contributed by atoms with E-state index < -0.39 is 0 Å². The predicted octanol–water partition coefficient (Wildman–Crippen LogP) is 5.38. The van der Waals surface area contributed by atoms with Crippen LogP contribution in [0, 0.1) is 0 Å². The zero-order valence-electron chi connectivity index (χ0n) is 16.1. The Morgan fingerprint density at radius 1 is 1.14 bits per heavy atom. The highest BCUT2D eigenvalue weighted by Crippen LogP contribution is 2.27. The number of rotatable bonds is 4. The Balaban J connectivity index is 0.00000225. The number of carbonyl (C=O) groups is 1. The van der Waals surface area contributed by atoms with Crippen molar-refractivity contribution < 1.29 is 4.79 Å². The van der Waals surface area contributed by atoms with Crippen LogP contribution in [-0.2, 0) is 4.79 Å². The van der Waals surface area contributed by atoms with Crippen molar-refractivity contribution in [1.29, 1.82) is 0 Å². The van der Waals surface area contributed by atoms with Gasteiger partial charge in [-0.2, -0.15) is 5.10 Å². The highest BCUT2D eigenvalue weighted by molar-refractivity contribution is 8.93. The molecule has 3 aromatic rings. The average molecular weight is 440 g/mol. The number of halogens is 1. The second kappa shape index (κ2) is 9.20. The Morgan fingerprint density at radius 3 is 2.71 bits per heavy atom. The molecule has 0 unspecified atom stereocenters. The lowest BCUT2D eigenvalue weighted by Gasteiger charge is -2.34. The van der Waals surface area contributed by atoms with Gasteiger partial charge in [-0.15, -0.1) is 17.0 Å². The maximum absolute atomic E-state index is 12.9. The number of nitrogens with zero attached hydrogens (tertiary/aromatic N) is 3. The first-order valence-electron chi connectivity index (χ1n) is 9.79.